The molecule has 5 heteroatoms. The van der Waals surface area contributed by atoms with Gasteiger partial charge in [-0.25, -0.2) is 0 Å². The van der Waals surface area contributed by atoms with Crippen molar-refractivity contribution in [1.82, 2.24) is 4.98 Å². The number of nitro benzene ring substituents is 1. The van der Waals surface area contributed by atoms with E-state index in [0.29, 0.717) is 0 Å². The number of hydrogen-bond donors (Lipinski definition) is 1. The molecule has 35 heavy (non-hydrogen) atoms. The first-order chi connectivity index (χ1) is 17.2. The molecule has 5 nitrogen and oxygen atoms in total. The Morgan fingerprint density at radius 3 is 1.71 bits per heavy atom. The molecule has 6 rings (SSSR count). The Bertz CT molecular complexity index is 1620. The molecule has 0 radical (unpaired) electrons. The average molecular weight is 456 g/mol. The Labute approximate surface area is 202 Å². The van der Waals surface area contributed by atoms with Gasteiger partial charge in [0, 0.05) is 51.0 Å². The van der Waals surface area contributed by atoms with Crippen LogP contribution in [0.15, 0.2) is 121 Å². The number of benzene rings is 5. The number of nitrogens with one attached hydrogen (secondary N) is 1. The molecule has 0 saturated heterocycles. The molecular weight excluding hydrogens is 434 g/mol. The Morgan fingerprint density at radius 1 is 0.571 bits per heavy atom. The van der Waals surface area contributed by atoms with Gasteiger partial charge in [0.25, 0.3) is 5.69 Å². The van der Waals surface area contributed by atoms with Gasteiger partial charge in [-0.15, -0.1) is 0 Å². The second kappa shape index (κ2) is 8.47. The van der Waals surface area contributed by atoms with Crippen molar-refractivity contribution in [3.05, 3.63) is 131 Å². The van der Waals surface area contributed by atoms with E-state index in [4.69, 9.17) is 0 Å². The second-order valence-electron chi connectivity index (χ2n) is 8.43. The van der Waals surface area contributed by atoms with Crippen molar-refractivity contribution < 1.29 is 4.92 Å². The number of fused-ring (bicyclic) bond motifs is 3. The van der Waals surface area contributed by atoms with Gasteiger partial charge in [0.1, 0.15) is 0 Å². The molecule has 0 spiro atoms. The molecule has 168 valence electrons. The number of nitro groups is 1. The standard InChI is InChI=1S/C30H21N3O2/c34-33(35)25-14-11-21(12-15-25)22-13-17-27-28-18-16-26(20-30(28)31-29(27)19-22)32(23-7-3-1-4-8-23)24-9-5-2-6-10-24/h1-20,31H. The molecule has 0 bridgehead atoms. The minimum absolute atomic E-state index is 0.0920. The third-order valence-corrected chi connectivity index (χ3v) is 6.28. The van der Waals surface area contributed by atoms with E-state index in [1.807, 2.05) is 36.4 Å². The summed E-state index contributed by atoms with van der Waals surface area (Å²) in [5.41, 5.74) is 7.37. The summed E-state index contributed by atoms with van der Waals surface area (Å²) in [6.07, 6.45) is 0. The smallest absolute Gasteiger partial charge is 0.269 e. The number of para-hydroxylation sites is 2. The van der Waals surface area contributed by atoms with Gasteiger partial charge in [0.2, 0.25) is 0 Å². The van der Waals surface area contributed by atoms with Gasteiger partial charge >= 0.3 is 0 Å². The Balaban J connectivity index is 1.44. The lowest BCUT2D eigenvalue weighted by atomic mass is 10.0. The number of non-ortho nitro benzene ring substituents is 1. The van der Waals surface area contributed by atoms with Crippen molar-refractivity contribution in [2.24, 2.45) is 0 Å². The van der Waals surface area contributed by atoms with E-state index < -0.39 is 0 Å². The fourth-order valence-corrected chi connectivity index (χ4v) is 4.59. The quantitative estimate of drug-likeness (QED) is 0.210. The summed E-state index contributed by atoms with van der Waals surface area (Å²) in [5, 5.41) is 13.3. The van der Waals surface area contributed by atoms with Crippen molar-refractivity contribution in [3.8, 4) is 11.1 Å². The van der Waals surface area contributed by atoms with Gasteiger partial charge in [0.15, 0.2) is 0 Å². The highest BCUT2D eigenvalue weighted by Gasteiger charge is 2.14. The number of hydrogen-bond acceptors (Lipinski definition) is 3. The lowest BCUT2D eigenvalue weighted by molar-refractivity contribution is -0.384. The zero-order chi connectivity index (χ0) is 23.8. The summed E-state index contributed by atoms with van der Waals surface area (Å²) in [4.78, 5) is 16.4. The first kappa shape index (κ1) is 20.7. The molecule has 5 aromatic carbocycles. The minimum atomic E-state index is -0.379. The number of rotatable bonds is 5. The van der Waals surface area contributed by atoms with Crippen LogP contribution in [0.25, 0.3) is 32.9 Å². The van der Waals surface area contributed by atoms with Gasteiger partial charge in [0.05, 0.1) is 4.92 Å². The SMILES string of the molecule is O=[N+]([O-])c1ccc(-c2ccc3c(c2)[nH]c2cc(N(c4ccccc4)c4ccccc4)ccc23)cc1. The normalized spacial score (nSPS) is 11.1. The predicted molar refractivity (Wildman–Crippen MR) is 143 cm³/mol. The van der Waals surface area contributed by atoms with Crippen molar-refractivity contribution in [2.75, 3.05) is 4.90 Å². The fraction of sp³-hybridized carbons (Fsp3) is 0. The highest BCUT2D eigenvalue weighted by Crippen LogP contribution is 2.37. The topological polar surface area (TPSA) is 62.2 Å². The largest absolute Gasteiger partial charge is 0.354 e. The molecule has 0 aliphatic rings. The van der Waals surface area contributed by atoms with E-state index in [0.717, 1.165) is 50.0 Å². The number of nitrogens with zero attached hydrogens (tertiary/aromatic N) is 2. The molecule has 1 aromatic heterocycles. The van der Waals surface area contributed by atoms with Crippen LogP contribution >= 0.6 is 0 Å². The lowest BCUT2D eigenvalue weighted by Gasteiger charge is -2.25. The third-order valence-electron chi connectivity index (χ3n) is 6.28. The van der Waals surface area contributed by atoms with Crippen molar-refractivity contribution in [3.63, 3.8) is 0 Å². The van der Waals surface area contributed by atoms with Gasteiger partial charge in [-0.1, -0.05) is 54.6 Å². The van der Waals surface area contributed by atoms with Crippen LogP contribution in [-0.4, -0.2) is 9.91 Å². The molecule has 1 N–H and O–H groups in total. The summed E-state index contributed by atoms with van der Waals surface area (Å²) < 4.78 is 0. The summed E-state index contributed by atoms with van der Waals surface area (Å²) in [6, 6.07) is 40.1. The third kappa shape index (κ3) is 3.79. The minimum Gasteiger partial charge on any atom is -0.354 e. The van der Waals surface area contributed by atoms with Gasteiger partial charge in [-0.2, -0.15) is 0 Å². The molecule has 0 fully saturated rings. The predicted octanol–water partition coefficient (Wildman–Crippen LogP) is 8.37. The molecule has 0 aliphatic heterocycles. The number of H-pyrrole nitrogens is 1. The maximum atomic E-state index is 11.0. The summed E-state index contributed by atoms with van der Waals surface area (Å²) >= 11 is 0. The Hall–Kier alpha value is -4.90. The van der Waals surface area contributed by atoms with Gasteiger partial charge in [-0.05, 0) is 65.7 Å². The first-order valence-corrected chi connectivity index (χ1v) is 11.4. The number of anilines is 3. The number of aromatic amines is 1. The molecule has 0 unspecified atom stereocenters. The fourth-order valence-electron chi connectivity index (χ4n) is 4.59. The van der Waals surface area contributed by atoms with Crippen LogP contribution in [0.1, 0.15) is 0 Å². The number of aromatic nitrogens is 1. The summed E-state index contributed by atoms with van der Waals surface area (Å²) in [5.74, 6) is 0. The van der Waals surface area contributed by atoms with Crippen LogP contribution in [0.5, 0.6) is 0 Å². The highest BCUT2D eigenvalue weighted by atomic mass is 16.6. The first-order valence-electron chi connectivity index (χ1n) is 11.4. The van der Waals surface area contributed by atoms with E-state index in [9.17, 15) is 10.1 Å². The zero-order valence-corrected chi connectivity index (χ0v) is 18.8. The second-order valence-corrected chi connectivity index (χ2v) is 8.43. The van der Waals surface area contributed by atoms with E-state index in [1.54, 1.807) is 24.3 Å². The highest BCUT2D eigenvalue weighted by molar-refractivity contribution is 6.09. The molecule has 0 saturated carbocycles. The van der Waals surface area contributed by atoms with Crippen LogP contribution in [-0.2, 0) is 0 Å². The van der Waals surface area contributed by atoms with E-state index >= 15 is 0 Å². The summed E-state index contributed by atoms with van der Waals surface area (Å²) in [6.45, 7) is 0. The average Bonchev–Trinajstić information content (AvgIpc) is 3.27. The zero-order valence-electron chi connectivity index (χ0n) is 18.8. The van der Waals surface area contributed by atoms with E-state index in [1.165, 1.54) is 0 Å². The van der Waals surface area contributed by atoms with Gasteiger partial charge in [-0.3, -0.25) is 10.1 Å². The van der Waals surface area contributed by atoms with E-state index in [-0.39, 0.29) is 10.6 Å². The van der Waals surface area contributed by atoms with Crippen LogP contribution in [0, 0.1) is 10.1 Å². The Kier molecular flexibility index (Phi) is 5.00. The maximum absolute atomic E-state index is 11.0. The molecule has 1 heterocycles. The molecule has 6 aromatic rings. The van der Waals surface area contributed by atoms with Crippen molar-refractivity contribution in [2.45, 2.75) is 0 Å². The van der Waals surface area contributed by atoms with E-state index in [2.05, 4.69) is 70.5 Å². The molecular formula is C30H21N3O2. The van der Waals surface area contributed by atoms with Crippen LogP contribution in [0.4, 0.5) is 22.7 Å². The Morgan fingerprint density at radius 2 is 1.11 bits per heavy atom. The summed E-state index contributed by atoms with van der Waals surface area (Å²) in [7, 11) is 0. The lowest BCUT2D eigenvalue weighted by Crippen LogP contribution is -2.09. The molecule has 0 aliphatic carbocycles. The molecule has 0 amide bonds. The van der Waals surface area contributed by atoms with Gasteiger partial charge < -0.3 is 9.88 Å². The molecule has 0 atom stereocenters. The maximum Gasteiger partial charge on any atom is 0.269 e. The van der Waals surface area contributed by atoms with Crippen LogP contribution < -0.4 is 4.90 Å². The monoisotopic (exact) mass is 455 g/mol. The van der Waals surface area contributed by atoms with Crippen molar-refractivity contribution in [1.29, 1.82) is 0 Å². The van der Waals surface area contributed by atoms with Crippen LogP contribution in [0.3, 0.4) is 0 Å². The van der Waals surface area contributed by atoms with Crippen molar-refractivity contribution >= 4 is 44.6 Å². The van der Waals surface area contributed by atoms with Crippen LogP contribution in [0.2, 0.25) is 0 Å².